The van der Waals surface area contributed by atoms with Gasteiger partial charge in [0.1, 0.15) is 5.60 Å². The number of nitrogens with two attached hydrogens (primary N) is 1. The maximum Gasteiger partial charge on any atom is 0.424 e. The van der Waals surface area contributed by atoms with Gasteiger partial charge >= 0.3 is 6.09 Å². The maximum absolute atomic E-state index is 11.5. The Morgan fingerprint density at radius 3 is 2.35 bits per heavy atom. The molecule has 0 aliphatic rings. The number of nitriles is 1. The van der Waals surface area contributed by atoms with Crippen molar-refractivity contribution in [1.29, 1.82) is 5.26 Å². The molecule has 0 heterocycles. The Hall–Kier alpha value is -1.81. The van der Waals surface area contributed by atoms with Crippen molar-refractivity contribution < 1.29 is 14.3 Å². The molecular formula is C13H24N4O3. The van der Waals surface area contributed by atoms with Crippen molar-refractivity contribution in [3.8, 4) is 6.19 Å². The zero-order valence-corrected chi connectivity index (χ0v) is 12.7. The predicted molar refractivity (Wildman–Crippen MR) is 74.0 cm³/mol. The molecule has 0 aliphatic carbocycles. The molecule has 0 bridgehead atoms. The lowest BCUT2D eigenvalue weighted by Gasteiger charge is -2.24. The lowest BCUT2D eigenvalue weighted by Crippen LogP contribution is -2.42. The minimum atomic E-state index is -0.566. The summed E-state index contributed by atoms with van der Waals surface area (Å²) in [7, 11) is 1.44. The van der Waals surface area contributed by atoms with Gasteiger partial charge in [-0.25, -0.2) is 15.6 Å². The largest absolute Gasteiger partial charge is 0.443 e. The predicted octanol–water partition coefficient (Wildman–Crippen LogP) is 1.60. The van der Waals surface area contributed by atoms with Crippen molar-refractivity contribution in [2.75, 3.05) is 13.6 Å². The van der Waals surface area contributed by atoms with Crippen LogP contribution in [0.25, 0.3) is 0 Å². The van der Waals surface area contributed by atoms with E-state index in [1.165, 1.54) is 7.05 Å². The number of carbonyl (C=O) groups excluding carboxylic acids is 2. The number of carbonyl (C=O) groups is 2. The van der Waals surface area contributed by atoms with Crippen LogP contribution in [0.4, 0.5) is 4.79 Å². The molecule has 0 spiro atoms. The highest BCUT2D eigenvalue weighted by molar-refractivity contribution is 5.77. The summed E-state index contributed by atoms with van der Waals surface area (Å²) in [5.74, 6) is 5.37. The average molecular weight is 284 g/mol. The van der Waals surface area contributed by atoms with Gasteiger partial charge in [0.25, 0.3) is 0 Å². The molecule has 7 heteroatoms. The van der Waals surface area contributed by atoms with Crippen LogP contribution >= 0.6 is 0 Å². The summed E-state index contributed by atoms with van der Waals surface area (Å²) in [6.07, 6.45) is 3.61. The van der Waals surface area contributed by atoms with Crippen molar-refractivity contribution in [2.45, 2.75) is 52.1 Å². The molecule has 0 saturated heterocycles. The van der Waals surface area contributed by atoms with E-state index in [-0.39, 0.29) is 5.91 Å². The third-order valence-electron chi connectivity index (χ3n) is 2.44. The van der Waals surface area contributed by atoms with Crippen molar-refractivity contribution in [1.82, 2.24) is 9.91 Å². The molecule has 2 N–H and O–H groups in total. The minimum absolute atomic E-state index is 0.204. The first-order valence-corrected chi connectivity index (χ1v) is 6.59. The second-order valence-corrected chi connectivity index (χ2v) is 5.54. The highest BCUT2D eigenvalue weighted by atomic mass is 16.6. The zero-order valence-electron chi connectivity index (χ0n) is 12.7. The Bertz CT molecular complexity index is 371. The second kappa shape index (κ2) is 8.38. The van der Waals surface area contributed by atoms with Crippen LogP contribution < -0.4 is 5.84 Å². The Morgan fingerprint density at radius 1 is 1.25 bits per heavy atom. The molecule has 0 fully saturated rings. The van der Waals surface area contributed by atoms with E-state index in [0.717, 1.165) is 16.3 Å². The Kier molecular flexibility index (Phi) is 7.62. The molecule has 0 aromatic heterocycles. The summed E-state index contributed by atoms with van der Waals surface area (Å²) < 4.78 is 5.11. The van der Waals surface area contributed by atoms with Gasteiger partial charge in [-0.2, -0.15) is 5.26 Å². The molecule has 0 atom stereocenters. The van der Waals surface area contributed by atoms with Crippen molar-refractivity contribution in [3.05, 3.63) is 0 Å². The normalized spacial score (nSPS) is 10.6. The van der Waals surface area contributed by atoms with Gasteiger partial charge in [-0.15, -0.1) is 0 Å². The lowest BCUT2D eigenvalue weighted by molar-refractivity contribution is -0.127. The summed E-state index contributed by atoms with van der Waals surface area (Å²) >= 11 is 0. The van der Waals surface area contributed by atoms with Crippen LogP contribution in [0.2, 0.25) is 0 Å². The van der Waals surface area contributed by atoms with Gasteiger partial charge in [-0.05, 0) is 33.6 Å². The molecule has 0 aromatic rings. The fourth-order valence-corrected chi connectivity index (χ4v) is 1.37. The molecule has 0 rings (SSSR count). The quantitative estimate of drug-likeness (QED) is 0.199. The zero-order chi connectivity index (χ0) is 15.8. The van der Waals surface area contributed by atoms with Gasteiger partial charge in [0.05, 0.1) is 0 Å². The molecular weight excluding hydrogens is 260 g/mol. The molecule has 7 nitrogen and oxygen atoms in total. The van der Waals surface area contributed by atoms with Gasteiger partial charge in [0.15, 0.2) is 6.19 Å². The number of hydrazine groups is 1. The topological polar surface area (TPSA) is 99.7 Å². The van der Waals surface area contributed by atoms with Crippen LogP contribution in [0.1, 0.15) is 46.5 Å². The number of unbranched alkanes of at least 4 members (excludes halogenated alkanes) is 2. The van der Waals surface area contributed by atoms with E-state index in [1.54, 1.807) is 27.0 Å². The fourth-order valence-electron chi connectivity index (χ4n) is 1.37. The monoisotopic (exact) mass is 284 g/mol. The first-order valence-electron chi connectivity index (χ1n) is 6.59. The van der Waals surface area contributed by atoms with Crippen molar-refractivity contribution in [3.63, 3.8) is 0 Å². The van der Waals surface area contributed by atoms with E-state index < -0.39 is 11.7 Å². The van der Waals surface area contributed by atoms with Crippen molar-refractivity contribution in [2.24, 2.45) is 5.84 Å². The smallest absolute Gasteiger partial charge is 0.424 e. The minimum Gasteiger partial charge on any atom is -0.443 e. The highest BCUT2D eigenvalue weighted by Gasteiger charge is 2.19. The molecule has 20 heavy (non-hydrogen) atoms. The van der Waals surface area contributed by atoms with Gasteiger partial charge < -0.3 is 4.74 Å². The Morgan fingerprint density at radius 2 is 1.85 bits per heavy atom. The van der Waals surface area contributed by atoms with E-state index in [1.807, 2.05) is 0 Å². The van der Waals surface area contributed by atoms with E-state index in [2.05, 4.69) is 0 Å². The van der Waals surface area contributed by atoms with Gasteiger partial charge in [-0.3, -0.25) is 9.69 Å². The SMILES string of the molecule is CN(C#N)C(=O)CCCCCN(N)C(=O)OC(C)(C)C. The number of amides is 2. The van der Waals surface area contributed by atoms with Crippen LogP contribution in [-0.4, -0.2) is 41.1 Å². The summed E-state index contributed by atoms with van der Waals surface area (Å²) in [6.45, 7) is 5.69. The Labute approximate surface area is 120 Å². The summed E-state index contributed by atoms with van der Waals surface area (Å²) in [4.78, 5) is 23.9. The molecule has 0 aromatic carbocycles. The maximum atomic E-state index is 11.5. The molecule has 2 amide bonds. The average Bonchev–Trinajstić information content (AvgIpc) is 2.34. The Balaban J connectivity index is 3.78. The molecule has 114 valence electrons. The first kappa shape index (κ1) is 18.2. The fraction of sp³-hybridized carbons (Fsp3) is 0.769. The number of nitrogens with zero attached hydrogens (tertiary/aromatic N) is 3. The molecule has 0 aliphatic heterocycles. The van der Waals surface area contributed by atoms with Gasteiger partial charge in [-0.1, -0.05) is 6.42 Å². The number of hydrogen-bond acceptors (Lipinski definition) is 5. The third kappa shape index (κ3) is 8.32. The van der Waals surface area contributed by atoms with Gasteiger partial charge in [0.2, 0.25) is 5.91 Å². The van der Waals surface area contributed by atoms with E-state index in [4.69, 9.17) is 15.8 Å². The summed E-state index contributed by atoms with van der Waals surface area (Å²) in [5.41, 5.74) is -0.566. The van der Waals surface area contributed by atoms with Crippen LogP contribution in [0.15, 0.2) is 0 Å². The number of ether oxygens (including phenoxy) is 1. The van der Waals surface area contributed by atoms with Gasteiger partial charge in [0, 0.05) is 20.0 Å². The standard InChI is InChI=1S/C13H24N4O3/c1-13(2,3)20-12(19)17(15)9-7-5-6-8-11(18)16(4)10-14/h5-9,15H2,1-4H3. The highest BCUT2D eigenvalue weighted by Crippen LogP contribution is 2.09. The second-order valence-electron chi connectivity index (χ2n) is 5.54. The van der Waals surface area contributed by atoms with E-state index in [0.29, 0.717) is 25.8 Å². The molecule has 0 saturated carbocycles. The summed E-state index contributed by atoms with van der Waals surface area (Å²) in [6, 6.07) is 0. The number of rotatable bonds is 6. The van der Waals surface area contributed by atoms with Crippen LogP contribution in [-0.2, 0) is 9.53 Å². The van der Waals surface area contributed by atoms with Crippen LogP contribution in [0.5, 0.6) is 0 Å². The third-order valence-corrected chi connectivity index (χ3v) is 2.44. The first-order chi connectivity index (χ1) is 9.17. The van der Waals surface area contributed by atoms with Crippen LogP contribution in [0.3, 0.4) is 0 Å². The molecule has 0 unspecified atom stereocenters. The number of hydrogen-bond donors (Lipinski definition) is 1. The van der Waals surface area contributed by atoms with Crippen molar-refractivity contribution >= 4 is 12.0 Å². The molecule has 0 radical (unpaired) electrons. The van der Waals surface area contributed by atoms with E-state index >= 15 is 0 Å². The van der Waals surface area contributed by atoms with Crippen LogP contribution in [0, 0.1) is 11.5 Å². The summed E-state index contributed by atoms with van der Waals surface area (Å²) in [5, 5.41) is 9.55. The lowest BCUT2D eigenvalue weighted by atomic mass is 10.2. The van der Waals surface area contributed by atoms with E-state index in [9.17, 15) is 9.59 Å².